The van der Waals surface area contributed by atoms with Crippen molar-refractivity contribution in [1.82, 2.24) is 0 Å². The van der Waals surface area contributed by atoms with Crippen LogP contribution in [0.25, 0.3) is 0 Å². The van der Waals surface area contributed by atoms with E-state index in [0.717, 1.165) is 19.3 Å². The number of amides is 1. The van der Waals surface area contributed by atoms with E-state index in [0.29, 0.717) is 11.8 Å². The summed E-state index contributed by atoms with van der Waals surface area (Å²) in [5.41, 5.74) is 8.60. The molecule has 2 heteroatoms. The van der Waals surface area contributed by atoms with Gasteiger partial charge in [-0.3, -0.25) is 4.79 Å². The number of primary amides is 1. The van der Waals surface area contributed by atoms with Gasteiger partial charge in [0, 0.05) is 0 Å². The Kier molecular flexibility index (Phi) is 2.40. The van der Waals surface area contributed by atoms with Crippen molar-refractivity contribution < 1.29 is 4.79 Å². The lowest BCUT2D eigenvalue weighted by Crippen LogP contribution is -2.58. The van der Waals surface area contributed by atoms with Gasteiger partial charge in [-0.1, -0.05) is 29.8 Å². The van der Waals surface area contributed by atoms with Crippen LogP contribution in [0.5, 0.6) is 0 Å². The Labute approximate surface area is 120 Å². The number of carbonyl (C=O) groups is 1. The molecule has 0 saturated heterocycles. The molecule has 4 aliphatic carbocycles. The molecule has 0 aromatic heterocycles. The molecule has 1 amide bonds. The van der Waals surface area contributed by atoms with Gasteiger partial charge in [-0.2, -0.15) is 0 Å². The van der Waals surface area contributed by atoms with E-state index in [-0.39, 0.29) is 16.7 Å². The highest BCUT2D eigenvalue weighted by atomic mass is 16.1. The Balaban J connectivity index is 1.79. The molecule has 0 aliphatic heterocycles. The van der Waals surface area contributed by atoms with E-state index < -0.39 is 0 Å². The van der Waals surface area contributed by atoms with Gasteiger partial charge in [-0.15, -0.1) is 0 Å². The van der Waals surface area contributed by atoms with Crippen LogP contribution in [0.2, 0.25) is 0 Å². The molecule has 0 heterocycles. The molecule has 2 atom stereocenters. The summed E-state index contributed by atoms with van der Waals surface area (Å²) in [6, 6.07) is 9.00. The summed E-state index contributed by atoms with van der Waals surface area (Å²) in [5.74, 6) is 1.39. The summed E-state index contributed by atoms with van der Waals surface area (Å²) in [4.78, 5) is 12.1. The van der Waals surface area contributed by atoms with Crippen LogP contribution < -0.4 is 5.73 Å². The van der Waals surface area contributed by atoms with E-state index in [1.807, 2.05) is 0 Å². The summed E-state index contributed by atoms with van der Waals surface area (Å²) in [5, 5.41) is 0. The average molecular weight is 269 g/mol. The quantitative estimate of drug-likeness (QED) is 0.879. The highest BCUT2D eigenvalue weighted by Crippen LogP contribution is 2.65. The van der Waals surface area contributed by atoms with Crippen molar-refractivity contribution in [3.63, 3.8) is 0 Å². The van der Waals surface area contributed by atoms with Crippen molar-refractivity contribution in [3.8, 4) is 0 Å². The van der Waals surface area contributed by atoms with Crippen molar-refractivity contribution in [2.24, 2.45) is 23.0 Å². The van der Waals surface area contributed by atoms with Gasteiger partial charge in [-0.05, 0) is 68.3 Å². The molecule has 1 aromatic carbocycles. The lowest BCUT2D eigenvalue weighted by atomic mass is 9.42. The zero-order valence-corrected chi connectivity index (χ0v) is 12.2. The van der Waals surface area contributed by atoms with Gasteiger partial charge < -0.3 is 5.73 Å². The largest absolute Gasteiger partial charge is 0.369 e. The summed E-state index contributed by atoms with van der Waals surface area (Å²) < 4.78 is 0. The second-order valence-corrected chi connectivity index (χ2v) is 7.75. The van der Waals surface area contributed by atoms with Crippen LogP contribution in [-0.4, -0.2) is 5.91 Å². The molecule has 4 aliphatic rings. The third-order valence-corrected chi connectivity index (χ3v) is 6.25. The zero-order chi connectivity index (χ0) is 14.0. The summed E-state index contributed by atoms with van der Waals surface area (Å²) in [6.45, 7) is 2.13. The Morgan fingerprint density at radius 2 is 1.70 bits per heavy atom. The second-order valence-electron chi connectivity index (χ2n) is 7.75. The normalized spacial score (nSPS) is 41.9. The standard InChI is InChI=1S/C18H23NO/c1-12-2-4-15(5-3-12)17-7-13-6-14(8-17)10-18(9-13,11-17)16(19)20/h2-5,13-14H,6-11H2,1H3,(H2,19,20)/t13-,14-,17?,18?/m0/s1. The molecule has 0 unspecified atom stereocenters. The van der Waals surface area contributed by atoms with Crippen molar-refractivity contribution in [3.05, 3.63) is 35.4 Å². The Morgan fingerprint density at radius 3 is 2.25 bits per heavy atom. The molecule has 0 radical (unpaired) electrons. The molecule has 4 saturated carbocycles. The molecule has 106 valence electrons. The molecule has 4 fully saturated rings. The number of carbonyl (C=O) groups excluding carboxylic acids is 1. The molecule has 2 nitrogen and oxygen atoms in total. The summed E-state index contributed by atoms with van der Waals surface area (Å²) in [7, 11) is 0. The number of rotatable bonds is 2. The number of aryl methyl sites for hydroxylation is 1. The highest BCUT2D eigenvalue weighted by Gasteiger charge is 2.60. The van der Waals surface area contributed by atoms with Gasteiger partial charge in [-0.25, -0.2) is 0 Å². The lowest BCUT2D eigenvalue weighted by Gasteiger charge is -2.61. The minimum atomic E-state index is -0.199. The average Bonchev–Trinajstić information content (AvgIpc) is 2.37. The molecule has 5 rings (SSSR count). The molecule has 20 heavy (non-hydrogen) atoms. The zero-order valence-electron chi connectivity index (χ0n) is 12.2. The van der Waals surface area contributed by atoms with Gasteiger partial charge in [0.15, 0.2) is 0 Å². The van der Waals surface area contributed by atoms with E-state index in [1.54, 1.807) is 0 Å². The number of hydrogen-bond acceptors (Lipinski definition) is 1. The Bertz CT molecular complexity index is 545. The first-order chi connectivity index (χ1) is 9.51. The van der Waals surface area contributed by atoms with Crippen LogP contribution in [0.1, 0.15) is 49.7 Å². The lowest BCUT2D eigenvalue weighted by molar-refractivity contribution is -0.145. The van der Waals surface area contributed by atoms with Gasteiger partial charge in [0.25, 0.3) is 0 Å². The SMILES string of the molecule is Cc1ccc(C23C[C@@H]4C[C@H](CC(C(N)=O)(C4)C2)C3)cc1. The number of hydrogen-bond donors (Lipinski definition) is 1. The van der Waals surface area contributed by atoms with Crippen LogP contribution in [-0.2, 0) is 10.2 Å². The Hall–Kier alpha value is -1.31. The molecular formula is C18H23NO. The van der Waals surface area contributed by atoms with Crippen LogP contribution in [0.15, 0.2) is 24.3 Å². The maximum absolute atomic E-state index is 12.1. The minimum absolute atomic E-state index is 0.0388. The molecule has 2 N–H and O–H groups in total. The van der Waals surface area contributed by atoms with Crippen molar-refractivity contribution in [1.29, 1.82) is 0 Å². The van der Waals surface area contributed by atoms with Crippen molar-refractivity contribution in [2.75, 3.05) is 0 Å². The van der Waals surface area contributed by atoms with Crippen molar-refractivity contribution in [2.45, 2.75) is 50.9 Å². The van der Waals surface area contributed by atoms with Gasteiger partial charge in [0.1, 0.15) is 0 Å². The fraction of sp³-hybridized carbons (Fsp3) is 0.611. The predicted molar refractivity (Wildman–Crippen MR) is 79.2 cm³/mol. The molecule has 0 spiro atoms. The number of nitrogens with two attached hydrogens (primary N) is 1. The van der Waals surface area contributed by atoms with Crippen LogP contribution in [0, 0.1) is 24.2 Å². The van der Waals surface area contributed by atoms with Crippen LogP contribution >= 0.6 is 0 Å². The molecule has 1 aromatic rings. The monoisotopic (exact) mass is 269 g/mol. The third kappa shape index (κ3) is 1.60. The molecular weight excluding hydrogens is 246 g/mol. The fourth-order valence-electron chi connectivity index (χ4n) is 5.80. The first-order valence-electron chi connectivity index (χ1n) is 7.88. The summed E-state index contributed by atoms with van der Waals surface area (Å²) in [6.07, 6.45) is 6.94. The van der Waals surface area contributed by atoms with Crippen molar-refractivity contribution >= 4 is 5.91 Å². The first kappa shape index (κ1) is 12.4. The maximum Gasteiger partial charge on any atom is 0.223 e. The Morgan fingerprint density at radius 1 is 1.10 bits per heavy atom. The molecule has 4 bridgehead atoms. The topological polar surface area (TPSA) is 43.1 Å². The van der Waals surface area contributed by atoms with E-state index in [2.05, 4.69) is 31.2 Å². The smallest absolute Gasteiger partial charge is 0.223 e. The van der Waals surface area contributed by atoms with E-state index >= 15 is 0 Å². The predicted octanol–water partition coefficient (Wildman–Crippen LogP) is 3.32. The summed E-state index contributed by atoms with van der Waals surface area (Å²) >= 11 is 0. The van der Waals surface area contributed by atoms with Gasteiger partial charge in [0.05, 0.1) is 5.41 Å². The first-order valence-corrected chi connectivity index (χ1v) is 7.88. The van der Waals surface area contributed by atoms with Gasteiger partial charge >= 0.3 is 0 Å². The van der Waals surface area contributed by atoms with Gasteiger partial charge in [0.2, 0.25) is 5.91 Å². The van der Waals surface area contributed by atoms with E-state index in [1.165, 1.54) is 30.4 Å². The van der Waals surface area contributed by atoms with Crippen LogP contribution in [0.4, 0.5) is 0 Å². The maximum atomic E-state index is 12.1. The second kappa shape index (κ2) is 3.87. The fourth-order valence-corrected chi connectivity index (χ4v) is 5.80. The third-order valence-electron chi connectivity index (χ3n) is 6.25. The number of benzene rings is 1. The van der Waals surface area contributed by atoms with E-state index in [9.17, 15) is 4.79 Å². The van der Waals surface area contributed by atoms with E-state index in [4.69, 9.17) is 5.73 Å². The minimum Gasteiger partial charge on any atom is -0.369 e. The highest BCUT2D eigenvalue weighted by molar-refractivity contribution is 5.81. The van der Waals surface area contributed by atoms with Crippen LogP contribution in [0.3, 0.4) is 0 Å².